The third-order valence-corrected chi connectivity index (χ3v) is 6.17. The van der Waals surface area contributed by atoms with Crippen molar-refractivity contribution in [2.75, 3.05) is 52.3 Å². The number of anilines is 1. The quantitative estimate of drug-likeness (QED) is 0.757. The fraction of sp³-hybridized carbons (Fsp3) is 0.696. The zero-order valence-corrected chi connectivity index (χ0v) is 18.6. The topological polar surface area (TPSA) is 56.3 Å². The second kappa shape index (κ2) is 9.35. The predicted molar refractivity (Wildman–Crippen MR) is 117 cm³/mol. The molecule has 0 saturated heterocycles. The van der Waals surface area contributed by atoms with Gasteiger partial charge in [0.2, 0.25) is 5.91 Å². The summed E-state index contributed by atoms with van der Waals surface area (Å²) in [6.45, 7) is 6.57. The molecule has 0 unspecified atom stereocenters. The number of ether oxygens (including phenoxy) is 1. The first-order valence-electron chi connectivity index (χ1n) is 10.8. The van der Waals surface area contributed by atoms with Crippen molar-refractivity contribution < 1.29 is 14.6 Å². The molecule has 0 spiro atoms. The summed E-state index contributed by atoms with van der Waals surface area (Å²) in [6, 6.07) is 5.90. The van der Waals surface area contributed by atoms with E-state index in [-0.39, 0.29) is 30.6 Å². The third-order valence-electron chi connectivity index (χ3n) is 6.17. The van der Waals surface area contributed by atoms with E-state index in [1.54, 1.807) is 0 Å². The van der Waals surface area contributed by atoms with Crippen LogP contribution in [0.15, 0.2) is 18.2 Å². The van der Waals surface area contributed by atoms with Crippen LogP contribution < -0.4 is 9.64 Å². The van der Waals surface area contributed by atoms with E-state index in [9.17, 15) is 9.90 Å². The smallest absolute Gasteiger partial charge is 0.227 e. The third kappa shape index (κ3) is 5.64. The number of carbonyl (C=O) groups excluding carboxylic acids is 1. The van der Waals surface area contributed by atoms with Crippen molar-refractivity contribution in [2.24, 2.45) is 11.8 Å². The minimum atomic E-state index is -0.201. The van der Waals surface area contributed by atoms with Crippen molar-refractivity contribution >= 4 is 11.6 Å². The van der Waals surface area contributed by atoms with Crippen LogP contribution in [0.1, 0.15) is 32.3 Å². The van der Waals surface area contributed by atoms with Gasteiger partial charge in [0.05, 0.1) is 19.1 Å². The molecule has 1 aromatic rings. The molecule has 0 bridgehead atoms. The summed E-state index contributed by atoms with van der Waals surface area (Å²) < 4.78 is 6.55. The first-order valence-corrected chi connectivity index (χ1v) is 10.8. The number of aliphatic hydroxyl groups excluding tert-OH is 1. The number of amides is 1. The van der Waals surface area contributed by atoms with Gasteiger partial charge in [0.1, 0.15) is 11.9 Å². The maximum absolute atomic E-state index is 13.1. The van der Waals surface area contributed by atoms with Crippen LogP contribution in [0.2, 0.25) is 0 Å². The van der Waals surface area contributed by atoms with Gasteiger partial charge in [-0.25, -0.2) is 0 Å². The molecule has 2 aliphatic rings. The van der Waals surface area contributed by atoms with Crippen LogP contribution in [-0.2, 0) is 11.2 Å². The number of fused-ring (bicyclic) bond motifs is 1. The Morgan fingerprint density at radius 3 is 2.59 bits per heavy atom. The molecule has 3 rings (SSSR count). The summed E-state index contributed by atoms with van der Waals surface area (Å²) in [6.07, 6.45) is 2.94. The SMILES string of the molecule is C[C@@H]1CN([C@H](C)CO)C(=O)Cc2cc(N(C)C)ccc2O[C@@H]1CN(C)CC1CC1. The highest BCUT2D eigenvalue weighted by Gasteiger charge is 2.32. The van der Waals surface area contributed by atoms with E-state index in [0.29, 0.717) is 13.0 Å². The molecule has 1 N–H and O–H groups in total. The highest BCUT2D eigenvalue weighted by molar-refractivity contribution is 5.80. The highest BCUT2D eigenvalue weighted by Crippen LogP contribution is 2.31. The lowest BCUT2D eigenvalue weighted by atomic mass is 10.0. The first-order chi connectivity index (χ1) is 13.8. The van der Waals surface area contributed by atoms with E-state index in [4.69, 9.17) is 4.74 Å². The van der Waals surface area contributed by atoms with Gasteiger partial charge in [-0.05, 0) is 50.9 Å². The average molecular weight is 404 g/mol. The normalized spacial score (nSPS) is 23.7. The molecule has 6 heteroatoms. The Bertz CT molecular complexity index is 705. The molecule has 1 fully saturated rings. The van der Waals surface area contributed by atoms with E-state index in [0.717, 1.165) is 36.0 Å². The van der Waals surface area contributed by atoms with E-state index >= 15 is 0 Å². The minimum absolute atomic E-state index is 0.0120. The number of hydrogen-bond donors (Lipinski definition) is 1. The van der Waals surface area contributed by atoms with Gasteiger partial charge in [0.15, 0.2) is 0 Å². The van der Waals surface area contributed by atoms with E-state index < -0.39 is 0 Å². The number of rotatable bonds is 7. The number of hydrogen-bond acceptors (Lipinski definition) is 5. The van der Waals surface area contributed by atoms with Gasteiger partial charge in [-0.1, -0.05) is 6.92 Å². The van der Waals surface area contributed by atoms with Gasteiger partial charge in [-0.3, -0.25) is 4.79 Å². The largest absolute Gasteiger partial charge is 0.488 e. The second-order valence-electron chi connectivity index (χ2n) is 9.24. The average Bonchev–Trinajstić information content (AvgIpc) is 3.48. The van der Waals surface area contributed by atoms with Gasteiger partial charge in [0.25, 0.3) is 0 Å². The molecule has 6 nitrogen and oxygen atoms in total. The maximum Gasteiger partial charge on any atom is 0.227 e. The van der Waals surface area contributed by atoms with Crippen LogP contribution in [0.25, 0.3) is 0 Å². The zero-order chi connectivity index (χ0) is 21.1. The Hall–Kier alpha value is -1.79. The summed E-state index contributed by atoms with van der Waals surface area (Å²) >= 11 is 0. The van der Waals surface area contributed by atoms with Crippen molar-refractivity contribution in [2.45, 2.75) is 45.3 Å². The monoisotopic (exact) mass is 403 g/mol. The Kier molecular flexibility index (Phi) is 7.06. The molecular formula is C23H37N3O3. The van der Waals surface area contributed by atoms with Crippen LogP contribution in [0.4, 0.5) is 5.69 Å². The molecule has 0 radical (unpaired) electrons. The standard InChI is InChI=1S/C23H37N3O3/c1-16-12-26(17(2)15-27)23(28)11-19-10-20(24(3)4)8-9-21(19)29-22(16)14-25(5)13-18-6-7-18/h8-10,16-18,22,27H,6-7,11-15H2,1-5H3/t16-,17-,22-/m1/s1. The molecule has 3 atom stereocenters. The van der Waals surface area contributed by atoms with Gasteiger partial charge >= 0.3 is 0 Å². The van der Waals surface area contributed by atoms with Crippen LogP contribution in [0.3, 0.4) is 0 Å². The molecule has 1 aliphatic carbocycles. The lowest BCUT2D eigenvalue weighted by Crippen LogP contribution is -2.47. The van der Waals surface area contributed by atoms with Crippen molar-refractivity contribution in [3.05, 3.63) is 23.8 Å². The Labute approximate surface area is 175 Å². The highest BCUT2D eigenvalue weighted by atomic mass is 16.5. The summed E-state index contributed by atoms with van der Waals surface area (Å²) in [7, 11) is 6.16. The molecule has 29 heavy (non-hydrogen) atoms. The van der Waals surface area contributed by atoms with E-state index in [1.165, 1.54) is 12.8 Å². The van der Waals surface area contributed by atoms with Crippen molar-refractivity contribution in [1.29, 1.82) is 0 Å². The summed E-state index contributed by atoms with van der Waals surface area (Å²) in [5.74, 6) is 1.84. The molecule has 1 aromatic carbocycles. The van der Waals surface area contributed by atoms with Crippen LogP contribution in [-0.4, -0.2) is 80.3 Å². The second-order valence-corrected chi connectivity index (χ2v) is 9.24. The lowest BCUT2D eigenvalue weighted by Gasteiger charge is -2.34. The fourth-order valence-corrected chi connectivity index (χ4v) is 4.03. The predicted octanol–water partition coefficient (Wildman–Crippen LogP) is 2.24. The van der Waals surface area contributed by atoms with Crippen molar-refractivity contribution in [3.63, 3.8) is 0 Å². The number of carbonyl (C=O) groups is 1. The summed E-state index contributed by atoms with van der Waals surface area (Å²) in [5, 5.41) is 9.71. The molecule has 1 heterocycles. The summed E-state index contributed by atoms with van der Waals surface area (Å²) in [4.78, 5) is 19.4. The molecule has 0 aromatic heterocycles. The molecule has 1 aliphatic heterocycles. The first kappa shape index (κ1) is 21.9. The fourth-order valence-electron chi connectivity index (χ4n) is 4.03. The van der Waals surface area contributed by atoms with Crippen molar-refractivity contribution in [1.82, 2.24) is 9.80 Å². The van der Waals surface area contributed by atoms with Crippen LogP contribution in [0, 0.1) is 11.8 Å². The Morgan fingerprint density at radius 1 is 1.24 bits per heavy atom. The molecule has 162 valence electrons. The minimum Gasteiger partial charge on any atom is -0.488 e. The summed E-state index contributed by atoms with van der Waals surface area (Å²) in [5.41, 5.74) is 1.97. The van der Waals surface area contributed by atoms with Gasteiger partial charge in [-0.15, -0.1) is 0 Å². The number of aliphatic hydroxyl groups is 1. The maximum atomic E-state index is 13.1. The van der Waals surface area contributed by atoms with Gasteiger partial charge in [-0.2, -0.15) is 0 Å². The number of nitrogens with zero attached hydrogens (tertiary/aromatic N) is 3. The zero-order valence-electron chi connectivity index (χ0n) is 18.6. The molecule has 1 saturated carbocycles. The number of benzene rings is 1. The van der Waals surface area contributed by atoms with Gasteiger partial charge in [0, 0.05) is 50.9 Å². The number of likely N-dealkylation sites (N-methyl/N-ethyl adjacent to an activating group) is 1. The molecular weight excluding hydrogens is 366 g/mol. The Morgan fingerprint density at radius 2 is 1.97 bits per heavy atom. The van der Waals surface area contributed by atoms with Crippen LogP contribution in [0.5, 0.6) is 5.75 Å². The van der Waals surface area contributed by atoms with E-state index in [2.05, 4.69) is 24.9 Å². The Balaban J connectivity index is 1.90. The van der Waals surface area contributed by atoms with Crippen molar-refractivity contribution in [3.8, 4) is 5.75 Å². The van der Waals surface area contributed by atoms with Gasteiger partial charge < -0.3 is 24.5 Å². The van der Waals surface area contributed by atoms with Crippen LogP contribution >= 0.6 is 0 Å². The van der Waals surface area contributed by atoms with E-state index in [1.807, 2.05) is 43.0 Å². The molecule has 1 amide bonds. The lowest BCUT2D eigenvalue weighted by molar-refractivity contribution is -0.134.